The number of para-hydroxylation sites is 2. The molecule has 3 aromatic rings. The third-order valence-corrected chi connectivity index (χ3v) is 5.43. The number of amides is 1. The first kappa shape index (κ1) is 17.5. The zero-order valence-electron chi connectivity index (χ0n) is 15.8. The molecule has 1 saturated heterocycles. The summed E-state index contributed by atoms with van der Waals surface area (Å²) in [5, 5.41) is 4.18. The van der Waals surface area contributed by atoms with E-state index in [9.17, 15) is 9.59 Å². The third kappa shape index (κ3) is 2.93. The van der Waals surface area contributed by atoms with Crippen molar-refractivity contribution in [2.75, 3.05) is 6.54 Å². The van der Waals surface area contributed by atoms with E-state index >= 15 is 0 Å². The van der Waals surface area contributed by atoms with Crippen molar-refractivity contribution in [2.45, 2.75) is 39.2 Å². The minimum Gasteiger partial charge on any atom is -0.340 e. The first-order valence-electron chi connectivity index (χ1n) is 9.27. The summed E-state index contributed by atoms with van der Waals surface area (Å²) in [6.07, 6.45) is 2.78. The highest BCUT2D eigenvalue weighted by Gasteiger charge is 2.33. The number of likely N-dealkylation sites (tertiary alicyclic amines) is 1. The van der Waals surface area contributed by atoms with E-state index in [2.05, 4.69) is 10.1 Å². The van der Waals surface area contributed by atoms with Gasteiger partial charge in [0.2, 0.25) is 0 Å². The molecule has 1 fully saturated rings. The molecule has 27 heavy (non-hydrogen) atoms. The number of hydrogen-bond donors (Lipinski definition) is 1. The minimum absolute atomic E-state index is 0.156. The number of carbonyl (C=O) groups excluding carboxylic acids is 1. The Balaban J connectivity index is 1.77. The van der Waals surface area contributed by atoms with E-state index < -0.39 is 0 Å². The van der Waals surface area contributed by atoms with Crippen LogP contribution in [0.1, 0.15) is 52.7 Å². The van der Waals surface area contributed by atoms with Crippen LogP contribution in [0.25, 0.3) is 11.0 Å². The molecule has 0 saturated carbocycles. The Kier molecular flexibility index (Phi) is 4.30. The van der Waals surface area contributed by atoms with Gasteiger partial charge in [-0.25, -0.2) is 9.67 Å². The summed E-state index contributed by atoms with van der Waals surface area (Å²) < 4.78 is 1.25. The topological polar surface area (TPSA) is 83.9 Å². The molecule has 0 bridgehead atoms. The maximum Gasteiger partial charge on any atom is 0.279 e. The average molecular weight is 365 g/mol. The Labute approximate surface area is 157 Å². The van der Waals surface area contributed by atoms with Crippen LogP contribution in [0.4, 0.5) is 0 Å². The Bertz CT molecular complexity index is 1050. The van der Waals surface area contributed by atoms with E-state index in [4.69, 9.17) is 4.98 Å². The van der Waals surface area contributed by atoms with E-state index in [-0.39, 0.29) is 23.1 Å². The highest BCUT2D eigenvalue weighted by atomic mass is 16.2. The molecule has 1 aliphatic heterocycles. The fraction of sp³-hybridized carbons (Fsp3) is 0.400. The second kappa shape index (κ2) is 6.64. The largest absolute Gasteiger partial charge is 0.340 e. The van der Waals surface area contributed by atoms with Gasteiger partial charge in [-0.1, -0.05) is 12.1 Å². The van der Waals surface area contributed by atoms with Gasteiger partial charge in [0.1, 0.15) is 11.4 Å². The summed E-state index contributed by atoms with van der Waals surface area (Å²) in [4.78, 5) is 35.9. The van der Waals surface area contributed by atoms with Crippen LogP contribution in [0.5, 0.6) is 0 Å². The van der Waals surface area contributed by atoms with Gasteiger partial charge in [0.25, 0.3) is 11.5 Å². The van der Waals surface area contributed by atoms with Crippen molar-refractivity contribution in [3.8, 4) is 0 Å². The summed E-state index contributed by atoms with van der Waals surface area (Å²) in [5.41, 5.74) is 3.05. The van der Waals surface area contributed by atoms with Crippen LogP contribution in [0.3, 0.4) is 0 Å². The predicted octanol–water partition coefficient (Wildman–Crippen LogP) is 2.64. The van der Waals surface area contributed by atoms with Crippen molar-refractivity contribution < 1.29 is 4.79 Å². The van der Waals surface area contributed by atoms with Crippen molar-refractivity contribution in [1.29, 1.82) is 0 Å². The van der Waals surface area contributed by atoms with Crippen LogP contribution >= 0.6 is 0 Å². The first-order valence-corrected chi connectivity index (χ1v) is 9.27. The molecule has 2 aromatic heterocycles. The fourth-order valence-electron chi connectivity index (χ4n) is 3.83. The third-order valence-electron chi connectivity index (χ3n) is 5.43. The first-order chi connectivity index (χ1) is 13.0. The number of aromatic nitrogens is 4. The number of nitrogens with zero attached hydrogens (tertiary/aromatic N) is 4. The Morgan fingerprint density at radius 2 is 2.00 bits per heavy atom. The van der Waals surface area contributed by atoms with Gasteiger partial charge in [0, 0.05) is 13.6 Å². The van der Waals surface area contributed by atoms with Crippen molar-refractivity contribution in [3.63, 3.8) is 0 Å². The molecule has 1 atom stereocenters. The molecule has 3 heterocycles. The van der Waals surface area contributed by atoms with Crippen LogP contribution in [0.15, 0.2) is 29.1 Å². The number of fused-ring (bicyclic) bond motifs is 1. The van der Waals surface area contributed by atoms with Crippen LogP contribution < -0.4 is 5.56 Å². The van der Waals surface area contributed by atoms with Gasteiger partial charge in [0.05, 0.1) is 22.8 Å². The lowest BCUT2D eigenvalue weighted by Crippen LogP contribution is -2.43. The van der Waals surface area contributed by atoms with Crippen molar-refractivity contribution >= 4 is 16.9 Å². The number of carbonyl (C=O) groups is 1. The number of benzene rings is 1. The lowest BCUT2D eigenvalue weighted by Gasteiger charge is -2.34. The van der Waals surface area contributed by atoms with Crippen molar-refractivity contribution in [3.05, 3.63) is 57.3 Å². The zero-order chi connectivity index (χ0) is 19.1. The molecular weight excluding hydrogens is 342 g/mol. The average Bonchev–Trinajstić information content (AvgIpc) is 3.10. The van der Waals surface area contributed by atoms with Gasteiger partial charge < -0.3 is 9.88 Å². The van der Waals surface area contributed by atoms with Crippen LogP contribution in [0.2, 0.25) is 0 Å². The highest BCUT2D eigenvalue weighted by molar-refractivity contribution is 5.95. The molecule has 0 radical (unpaired) electrons. The maximum atomic E-state index is 13.4. The maximum absolute atomic E-state index is 13.4. The number of hydrogen-bond acceptors (Lipinski definition) is 4. The second-order valence-electron chi connectivity index (χ2n) is 7.16. The molecule has 7 nitrogen and oxygen atoms in total. The molecule has 1 amide bonds. The predicted molar refractivity (Wildman–Crippen MR) is 103 cm³/mol. The van der Waals surface area contributed by atoms with E-state index in [0.717, 1.165) is 36.1 Å². The zero-order valence-corrected chi connectivity index (χ0v) is 15.8. The number of H-pyrrole nitrogens is 1. The van der Waals surface area contributed by atoms with Crippen molar-refractivity contribution in [1.82, 2.24) is 24.6 Å². The summed E-state index contributed by atoms with van der Waals surface area (Å²) >= 11 is 0. The van der Waals surface area contributed by atoms with Gasteiger partial charge in [-0.15, -0.1) is 0 Å². The molecule has 140 valence electrons. The summed E-state index contributed by atoms with van der Waals surface area (Å²) in [5.74, 6) is 0.549. The van der Waals surface area contributed by atoms with Crippen LogP contribution in [-0.2, 0) is 7.05 Å². The van der Waals surface area contributed by atoms with Crippen LogP contribution in [0, 0.1) is 13.8 Å². The van der Waals surface area contributed by atoms with Crippen molar-refractivity contribution in [2.24, 2.45) is 7.05 Å². The van der Waals surface area contributed by atoms with E-state index in [1.165, 1.54) is 4.68 Å². The molecule has 0 unspecified atom stereocenters. The normalized spacial score (nSPS) is 17.4. The lowest BCUT2D eigenvalue weighted by molar-refractivity contribution is 0.0597. The summed E-state index contributed by atoms with van der Waals surface area (Å²) in [6, 6.07) is 7.68. The molecule has 1 N–H and O–H groups in total. The van der Waals surface area contributed by atoms with Gasteiger partial charge in [-0.2, -0.15) is 5.10 Å². The minimum atomic E-state index is -0.350. The summed E-state index contributed by atoms with van der Waals surface area (Å²) in [6.45, 7) is 4.22. The van der Waals surface area contributed by atoms with Gasteiger partial charge in [0.15, 0.2) is 0 Å². The monoisotopic (exact) mass is 365 g/mol. The molecule has 1 aromatic carbocycles. The second-order valence-corrected chi connectivity index (χ2v) is 7.16. The number of imidazole rings is 1. The summed E-state index contributed by atoms with van der Waals surface area (Å²) in [7, 11) is 1.58. The quantitative estimate of drug-likeness (QED) is 0.757. The molecule has 1 aliphatic rings. The fourth-order valence-corrected chi connectivity index (χ4v) is 3.83. The highest BCUT2D eigenvalue weighted by Crippen LogP contribution is 2.31. The molecule has 4 rings (SSSR count). The van der Waals surface area contributed by atoms with E-state index in [1.54, 1.807) is 18.9 Å². The molecular formula is C20H23N5O2. The Hall–Kier alpha value is -2.96. The van der Waals surface area contributed by atoms with Crippen LogP contribution in [-0.4, -0.2) is 37.1 Å². The lowest BCUT2D eigenvalue weighted by atomic mass is 9.99. The Morgan fingerprint density at radius 1 is 1.22 bits per heavy atom. The number of aryl methyl sites for hydroxylation is 2. The molecule has 7 heteroatoms. The smallest absolute Gasteiger partial charge is 0.279 e. The van der Waals surface area contributed by atoms with Gasteiger partial charge >= 0.3 is 0 Å². The van der Waals surface area contributed by atoms with E-state index in [1.807, 2.05) is 31.2 Å². The standard InChI is InChI=1S/C20H23N5O2/c1-12-13(2)23-24(3)19(26)17(12)20(27)25-11-7-6-10-16(25)18-21-14-8-4-5-9-15(14)22-18/h4-5,8-9,16H,6-7,10-11H2,1-3H3,(H,21,22)/t16-/m0/s1. The van der Waals surface area contributed by atoms with Gasteiger partial charge in [-0.3, -0.25) is 9.59 Å². The molecule has 0 spiro atoms. The number of aromatic amines is 1. The number of piperidine rings is 1. The SMILES string of the molecule is Cc1nn(C)c(=O)c(C(=O)N2CCCC[C@H]2c2nc3ccccc3[nH]2)c1C. The molecule has 0 aliphatic carbocycles. The van der Waals surface area contributed by atoms with E-state index in [0.29, 0.717) is 17.8 Å². The van der Waals surface area contributed by atoms with Gasteiger partial charge in [-0.05, 0) is 50.8 Å². The number of rotatable bonds is 2. The Morgan fingerprint density at radius 3 is 2.78 bits per heavy atom. The number of nitrogens with one attached hydrogen (secondary N) is 1.